The second kappa shape index (κ2) is 2.48. The van der Waals surface area contributed by atoms with Crippen LogP contribution in [0.4, 0.5) is 5.69 Å². The van der Waals surface area contributed by atoms with Crippen molar-refractivity contribution in [2.24, 2.45) is 0 Å². The van der Waals surface area contributed by atoms with E-state index < -0.39 is 4.92 Å². The first-order valence-electron chi connectivity index (χ1n) is 3.63. The van der Waals surface area contributed by atoms with Crippen molar-refractivity contribution in [2.75, 3.05) is 0 Å². The molecule has 66 valence electrons. The summed E-state index contributed by atoms with van der Waals surface area (Å²) in [5.74, 6) is -0.308. The zero-order valence-electron chi connectivity index (χ0n) is 6.52. The van der Waals surface area contributed by atoms with Gasteiger partial charge in [0.1, 0.15) is 0 Å². The minimum absolute atomic E-state index is 0.251. The highest BCUT2D eigenvalue weighted by Crippen LogP contribution is 2.33. The summed E-state index contributed by atoms with van der Waals surface area (Å²) in [5, 5.41) is 20.2. The fourth-order valence-corrected chi connectivity index (χ4v) is 1.30. The number of H-pyrrole nitrogens is 1. The number of nitrogens with one attached hydrogen (secondary N) is 1. The summed E-state index contributed by atoms with van der Waals surface area (Å²) in [6, 6.07) is 4.46. The molecule has 0 saturated carbocycles. The van der Waals surface area contributed by atoms with Gasteiger partial charge in [-0.25, -0.2) is 0 Å². The third-order valence-electron chi connectivity index (χ3n) is 1.87. The number of phenols is 1. The van der Waals surface area contributed by atoms with Crippen LogP contribution < -0.4 is 0 Å². The summed E-state index contributed by atoms with van der Waals surface area (Å²) in [4.78, 5) is 12.8. The van der Waals surface area contributed by atoms with Crippen LogP contribution in [0.15, 0.2) is 24.4 Å². The van der Waals surface area contributed by atoms with Crippen LogP contribution in [0.5, 0.6) is 5.75 Å². The van der Waals surface area contributed by atoms with Crippen LogP contribution in [0.25, 0.3) is 10.9 Å². The van der Waals surface area contributed by atoms with E-state index in [1.54, 1.807) is 18.3 Å². The average Bonchev–Trinajstić information content (AvgIpc) is 2.50. The molecular formula is C8H6N2O3. The van der Waals surface area contributed by atoms with Crippen molar-refractivity contribution < 1.29 is 10.0 Å². The highest BCUT2D eigenvalue weighted by Gasteiger charge is 2.17. The molecule has 0 saturated heterocycles. The van der Waals surface area contributed by atoms with E-state index in [9.17, 15) is 15.2 Å². The molecule has 1 aromatic carbocycles. The molecule has 2 N–H and O–H groups in total. The van der Waals surface area contributed by atoms with E-state index in [0.717, 1.165) is 0 Å². The molecule has 0 spiro atoms. The van der Waals surface area contributed by atoms with Gasteiger partial charge < -0.3 is 10.1 Å². The molecule has 0 aliphatic heterocycles. The number of fused-ring (bicyclic) bond motifs is 1. The maximum absolute atomic E-state index is 10.6. The fraction of sp³-hybridized carbons (Fsp3) is 0. The smallest absolute Gasteiger partial charge is 0.319 e. The number of nitrogens with zero attached hydrogens (tertiary/aromatic N) is 1. The second-order valence-corrected chi connectivity index (χ2v) is 2.63. The Morgan fingerprint density at radius 3 is 2.85 bits per heavy atom. The Bertz CT molecular complexity index is 475. The minimum Gasteiger partial charge on any atom is -0.502 e. The number of phenolic OH excluding ortho intramolecular Hbond substituents is 1. The van der Waals surface area contributed by atoms with Crippen molar-refractivity contribution in [1.29, 1.82) is 0 Å². The number of benzene rings is 1. The lowest BCUT2D eigenvalue weighted by atomic mass is 10.2. The number of hydrogen-bond acceptors (Lipinski definition) is 3. The summed E-state index contributed by atoms with van der Waals surface area (Å²) in [7, 11) is 0. The third kappa shape index (κ3) is 1.01. The van der Waals surface area contributed by atoms with Gasteiger partial charge in [-0.15, -0.1) is 0 Å². The molecule has 0 fully saturated rings. The molecule has 13 heavy (non-hydrogen) atoms. The maximum Gasteiger partial charge on any atom is 0.319 e. The summed E-state index contributed by atoms with van der Waals surface area (Å²) in [6.45, 7) is 0. The lowest BCUT2D eigenvalue weighted by Crippen LogP contribution is -1.88. The molecular weight excluding hydrogens is 172 g/mol. The average molecular weight is 178 g/mol. The topological polar surface area (TPSA) is 79.2 Å². The lowest BCUT2D eigenvalue weighted by Gasteiger charge is -1.96. The molecule has 0 aliphatic carbocycles. The molecule has 1 aromatic heterocycles. The van der Waals surface area contributed by atoms with Crippen molar-refractivity contribution in [1.82, 2.24) is 4.98 Å². The maximum atomic E-state index is 10.6. The molecule has 0 amide bonds. The van der Waals surface area contributed by atoms with Crippen LogP contribution in [0, 0.1) is 10.1 Å². The summed E-state index contributed by atoms with van der Waals surface area (Å²) < 4.78 is 0. The highest BCUT2D eigenvalue weighted by atomic mass is 16.6. The van der Waals surface area contributed by atoms with Gasteiger partial charge in [-0.05, 0) is 18.2 Å². The van der Waals surface area contributed by atoms with Crippen LogP contribution in [-0.2, 0) is 0 Å². The highest BCUT2D eigenvalue weighted by molar-refractivity contribution is 5.91. The van der Waals surface area contributed by atoms with Gasteiger partial charge in [0.15, 0.2) is 5.75 Å². The predicted molar refractivity (Wildman–Crippen MR) is 46.6 cm³/mol. The van der Waals surface area contributed by atoms with Gasteiger partial charge in [0.05, 0.1) is 15.8 Å². The first-order chi connectivity index (χ1) is 6.20. The number of aromatic amines is 1. The van der Waals surface area contributed by atoms with Crippen molar-refractivity contribution in [3.05, 3.63) is 34.5 Å². The number of aromatic hydroxyl groups is 1. The van der Waals surface area contributed by atoms with E-state index in [4.69, 9.17) is 0 Å². The lowest BCUT2D eigenvalue weighted by molar-refractivity contribution is -0.384. The number of hydrogen-bond donors (Lipinski definition) is 2. The predicted octanol–water partition coefficient (Wildman–Crippen LogP) is 1.78. The molecule has 5 heteroatoms. The normalized spacial score (nSPS) is 10.5. The van der Waals surface area contributed by atoms with E-state index in [2.05, 4.69) is 4.98 Å². The molecule has 1 heterocycles. The standard InChI is InChI=1S/C8H6N2O3/c11-7-2-1-6-5(3-4-9-6)8(7)10(12)13/h1-4,9,11H. The SMILES string of the molecule is O=[N+]([O-])c1c(O)ccc2[nH]ccc12. The Labute approximate surface area is 72.8 Å². The number of nitro benzene ring substituents is 1. The van der Waals surface area contributed by atoms with Gasteiger partial charge in [-0.3, -0.25) is 10.1 Å². The van der Waals surface area contributed by atoms with Crippen LogP contribution in [0.2, 0.25) is 0 Å². The fourth-order valence-electron chi connectivity index (χ4n) is 1.30. The van der Waals surface area contributed by atoms with E-state index in [0.29, 0.717) is 10.9 Å². The number of aromatic nitrogens is 1. The van der Waals surface area contributed by atoms with Crippen molar-refractivity contribution in [2.45, 2.75) is 0 Å². The Morgan fingerprint density at radius 2 is 2.15 bits per heavy atom. The molecule has 2 aromatic rings. The van der Waals surface area contributed by atoms with Gasteiger partial charge in [0, 0.05) is 6.20 Å². The monoisotopic (exact) mass is 178 g/mol. The third-order valence-corrected chi connectivity index (χ3v) is 1.87. The van der Waals surface area contributed by atoms with Gasteiger partial charge in [-0.1, -0.05) is 0 Å². The van der Waals surface area contributed by atoms with E-state index in [1.807, 2.05) is 0 Å². The molecule has 0 atom stereocenters. The molecule has 0 unspecified atom stereocenters. The second-order valence-electron chi connectivity index (χ2n) is 2.63. The molecule has 2 rings (SSSR count). The van der Waals surface area contributed by atoms with Gasteiger partial charge >= 0.3 is 5.69 Å². The molecule has 0 aliphatic rings. The van der Waals surface area contributed by atoms with Crippen LogP contribution in [0.1, 0.15) is 0 Å². The minimum atomic E-state index is -0.592. The van der Waals surface area contributed by atoms with Crippen molar-refractivity contribution in [3.63, 3.8) is 0 Å². The van der Waals surface area contributed by atoms with Gasteiger partial charge in [0.25, 0.3) is 0 Å². The van der Waals surface area contributed by atoms with Gasteiger partial charge in [0.2, 0.25) is 0 Å². The van der Waals surface area contributed by atoms with Crippen LogP contribution in [-0.4, -0.2) is 15.0 Å². The van der Waals surface area contributed by atoms with E-state index in [-0.39, 0.29) is 11.4 Å². The molecule has 0 bridgehead atoms. The Hall–Kier alpha value is -2.04. The quantitative estimate of drug-likeness (QED) is 0.516. The molecule has 0 radical (unpaired) electrons. The van der Waals surface area contributed by atoms with E-state index >= 15 is 0 Å². The van der Waals surface area contributed by atoms with Gasteiger partial charge in [-0.2, -0.15) is 0 Å². The zero-order valence-corrected chi connectivity index (χ0v) is 6.52. The summed E-state index contributed by atoms with van der Waals surface area (Å²) in [5.41, 5.74) is 0.392. The summed E-state index contributed by atoms with van der Waals surface area (Å²) >= 11 is 0. The number of nitro groups is 1. The Kier molecular flexibility index (Phi) is 1.45. The van der Waals surface area contributed by atoms with Crippen LogP contribution in [0.3, 0.4) is 0 Å². The zero-order chi connectivity index (χ0) is 9.42. The van der Waals surface area contributed by atoms with Crippen molar-refractivity contribution >= 4 is 16.6 Å². The van der Waals surface area contributed by atoms with Crippen molar-refractivity contribution in [3.8, 4) is 5.75 Å². The Morgan fingerprint density at radius 1 is 1.38 bits per heavy atom. The molecule has 5 nitrogen and oxygen atoms in total. The Balaban J connectivity index is 2.88. The first-order valence-corrected chi connectivity index (χ1v) is 3.63. The van der Waals surface area contributed by atoms with E-state index in [1.165, 1.54) is 6.07 Å². The number of rotatable bonds is 1. The largest absolute Gasteiger partial charge is 0.502 e. The summed E-state index contributed by atoms with van der Waals surface area (Å²) in [6.07, 6.45) is 1.59. The van der Waals surface area contributed by atoms with Crippen LogP contribution >= 0.6 is 0 Å². The first kappa shape index (κ1) is 7.60.